The lowest BCUT2D eigenvalue weighted by Gasteiger charge is -2.23. The molecule has 0 bridgehead atoms. The molecule has 0 atom stereocenters. The maximum Gasteiger partial charge on any atom is 0.327 e. The first kappa shape index (κ1) is 12.4. The first-order chi connectivity index (χ1) is 7.33. The number of likely N-dealkylation sites (tertiary alicyclic amines) is 1. The van der Waals surface area contributed by atoms with Crippen molar-refractivity contribution in [2.75, 3.05) is 19.6 Å². The van der Waals surface area contributed by atoms with E-state index >= 15 is 0 Å². The molecule has 0 radical (unpaired) electrons. The molecule has 88 valence electrons. The van der Waals surface area contributed by atoms with Gasteiger partial charge in [-0.05, 0) is 25.9 Å². The van der Waals surface area contributed by atoms with Gasteiger partial charge in [-0.1, -0.05) is 24.9 Å². The number of hydrogen-bond acceptors (Lipinski definition) is 5. The highest BCUT2D eigenvalue weighted by Crippen LogP contribution is 2.10. The Morgan fingerprint density at radius 1 is 1.20 bits per heavy atom. The molecule has 0 amide bonds. The van der Waals surface area contributed by atoms with Crippen molar-refractivity contribution in [2.45, 2.75) is 38.5 Å². The van der Waals surface area contributed by atoms with Gasteiger partial charge in [0.05, 0.1) is 6.42 Å². The predicted molar refractivity (Wildman–Crippen MR) is 57.6 cm³/mol. The molecule has 15 heavy (non-hydrogen) atoms. The van der Waals surface area contributed by atoms with Crippen LogP contribution in [0, 0.1) is 0 Å². The Morgan fingerprint density at radius 2 is 1.80 bits per heavy atom. The molecule has 5 heteroatoms. The molecule has 1 saturated heterocycles. The topological polar surface area (TPSA) is 67.6 Å². The largest absolute Gasteiger partial charge is 0.356 e. The van der Waals surface area contributed by atoms with Crippen molar-refractivity contribution in [2.24, 2.45) is 5.84 Å². The highest BCUT2D eigenvalue weighted by atomic mass is 16.7. The second kappa shape index (κ2) is 7.62. The number of nitrogens with one attached hydrogen (secondary N) is 1. The molecule has 0 unspecified atom stereocenters. The molecule has 0 aromatic rings. The van der Waals surface area contributed by atoms with Crippen molar-refractivity contribution in [3.8, 4) is 0 Å². The van der Waals surface area contributed by atoms with Crippen LogP contribution in [0.3, 0.4) is 0 Å². The van der Waals surface area contributed by atoms with Crippen LogP contribution in [0.2, 0.25) is 0 Å². The number of rotatable bonds is 4. The van der Waals surface area contributed by atoms with Crippen molar-refractivity contribution < 1.29 is 9.63 Å². The van der Waals surface area contributed by atoms with Gasteiger partial charge in [-0.3, -0.25) is 4.79 Å². The second-order valence-electron chi connectivity index (χ2n) is 3.95. The van der Waals surface area contributed by atoms with Crippen LogP contribution in [0.1, 0.15) is 38.5 Å². The zero-order valence-electron chi connectivity index (χ0n) is 9.21. The number of nitrogens with zero attached hydrogens (tertiary/aromatic N) is 1. The number of hydrogen-bond donors (Lipinski definition) is 2. The van der Waals surface area contributed by atoms with Crippen molar-refractivity contribution in [1.29, 1.82) is 0 Å². The molecule has 0 aromatic carbocycles. The molecule has 0 aliphatic carbocycles. The predicted octanol–water partition coefficient (Wildman–Crippen LogP) is 0.564. The SMILES string of the molecule is NNOC(=O)CCN1CCCCCCC1. The zero-order valence-corrected chi connectivity index (χ0v) is 9.21. The van der Waals surface area contributed by atoms with Crippen molar-refractivity contribution in [3.63, 3.8) is 0 Å². The van der Waals surface area contributed by atoms with E-state index in [1.54, 1.807) is 0 Å². The minimum absolute atomic E-state index is 0.292. The van der Waals surface area contributed by atoms with E-state index in [1.165, 1.54) is 32.1 Å². The van der Waals surface area contributed by atoms with Gasteiger partial charge in [0.25, 0.3) is 0 Å². The Hall–Kier alpha value is -0.650. The molecule has 0 saturated carbocycles. The lowest BCUT2D eigenvalue weighted by Crippen LogP contribution is -2.32. The summed E-state index contributed by atoms with van der Waals surface area (Å²) in [6, 6.07) is 0. The third-order valence-electron chi connectivity index (χ3n) is 2.75. The molecule has 0 spiro atoms. The van der Waals surface area contributed by atoms with Gasteiger partial charge in [-0.15, -0.1) is 0 Å². The van der Waals surface area contributed by atoms with Crippen LogP contribution in [0.4, 0.5) is 0 Å². The molecule has 1 fully saturated rings. The van der Waals surface area contributed by atoms with Gasteiger partial charge < -0.3 is 9.74 Å². The van der Waals surface area contributed by atoms with E-state index < -0.39 is 0 Å². The molecule has 1 heterocycles. The van der Waals surface area contributed by atoms with Gasteiger partial charge >= 0.3 is 5.97 Å². The summed E-state index contributed by atoms with van der Waals surface area (Å²) in [4.78, 5) is 17.8. The maximum absolute atomic E-state index is 11.0. The van der Waals surface area contributed by atoms with E-state index in [9.17, 15) is 4.79 Å². The number of carbonyl (C=O) groups excluding carboxylic acids is 1. The minimum atomic E-state index is -0.292. The van der Waals surface area contributed by atoms with E-state index in [-0.39, 0.29) is 5.97 Å². The molecular weight excluding hydrogens is 194 g/mol. The Kier molecular flexibility index (Phi) is 6.31. The Bertz CT molecular complexity index is 180. The summed E-state index contributed by atoms with van der Waals surface area (Å²) in [7, 11) is 0. The molecule has 0 aromatic heterocycles. The summed E-state index contributed by atoms with van der Waals surface area (Å²) in [5.41, 5.74) is 1.91. The van der Waals surface area contributed by atoms with Gasteiger partial charge in [-0.25, -0.2) is 5.84 Å². The normalized spacial score (nSPS) is 19.3. The molecule has 5 nitrogen and oxygen atoms in total. The van der Waals surface area contributed by atoms with Crippen LogP contribution in [-0.4, -0.2) is 30.5 Å². The number of nitrogens with two attached hydrogens (primary N) is 1. The summed E-state index contributed by atoms with van der Waals surface area (Å²) >= 11 is 0. The van der Waals surface area contributed by atoms with E-state index in [1.807, 2.05) is 5.59 Å². The fraction of sp³-hybridized carbons (Fsp3) is 0.900. The monoisotopic (exact) mass is 215 g/mol. The molecule has 3 N–H and O–H groups in total. The van der Waals surface area contributed by atoms with Gasteiger partial charge in [0.15, 0.2) is 0 Å². The van der Waals surface area contributed by atoms with Crippen molar-refractivity contribution in [3.05, 3.63) is 0 Å². The average molecular weight is 215 g/mol. The second-order valence-corrected chi connectivity index (χ2v) is 3.95. The van der Waals surface area contributed by atoms with E-state index in [0.717, 1.165) is 19.6 Å². The third kappa shape index (κ3) is 5.71. The fourth-order valence-electron chi connectivity index (χ4n) is 1.90. The molecular formula is C10H21N3O2. The highest BCUT2D eigenvalue weighted by Gasteiger charge is 2.10. The Balaban J connectivity index is 2.14. The van der Waals surface area contributed by atoms with Crippen molar-refractivity contribution in [1.82, 2.24) is 10.5 Å². The summed E-state index contributed by atoms with van der Waals surface area (Å²) in [5.74, 6) is 4.59. The molecule has 1 aliphatic rings. The maximum atomic E-state index is 11.0. The lowest BCUT2D eigenvalue weighted by atomic mass is 10.1. The van der Waals surface area contributed by atoms with E-state index in [0.29, 0.717) is 6.42 Å². The van der Waals surface area contributed by atoms with Crippen LogP contribution in [0.15, 0.2) is 0 Å². The van der Waals surface area contributed by atoms with Crippen LogP contribution < -0.4 is 11.4 Å². The third-order valence-corrected chi connectivity index (χ3v) is 2.75. The van der Waals surface area contributed by atoms with Crippen molar-refractivity contribution >= 4 is 5.97 Å². The number of hydrazine groups is 1. The van der Waals surface area contributed by atoms with Gasteiger partial charge in [0, 0.05) is 6.54 Å². The van der Waals surface area contributed by atoms with Crippen LogP contribution in [-0.2, 0) is 9.63 Å². The summed E-state index contributed by atoms with van der Waals surface area (Å²) in [6.07, 6.45) is 6.86. The fourth-order valence-corrected chi connectivity index (χ4v) is 1.90. The van der Waals surface area contributed by atoms with Crippen LogP contribution >= 0.6 is 0 Å². The number of carbonyl (C=O) groups is 1. The van der Waals surface area contributed by atoms with E-state index in [2.05, 4.69) is 9.74 Å². The summed E-state index contributed by atoms with van der Waals surface area (Å²) in [5, 5.41) is 0. The summed E-state index contributed by atoms with van der Waals surface area (Å²) in [6.45, 7) is 2.98. The van der Waals surface area contributed by atoms with Crippen LogP contribution in [0.25, 0.3) is 0 Å². The molecule has 1 aliphatic heterocycles. The lowest BCUT2D eigenvalue weighted by molar-refractivity contribution is -0.151. The zero-order chi connectivity index (χ0) is 10.9. The first-order valence-corrected chi connectivity index (χ1v) is 5.70. The Morgan fingerprint density at radius 3 is 2.40 bits per heavy atom. The van der Waals surface area contributed by atoms with Gasteiger partial charge in [-0.2, -0.15) is 0 Å². The van der Waals surface area contributed by atoms with Gasteiger partial charge in [0.1, 0.15) is 0 Å². The summed E-state index contributed by atoms with van der Waals surface area (Å²) < 4.78 is 0. The molecule has 1 rings (SSSR count). The standard InChI is InChI=1S/C10H21N3O2/c11-12-15-10(14)6-9-13-7-4-2-1-3-5-8-13/h12H,1-9,11H2. The highest BCUT2D eigenvalue weighted by molar-refractivity contribution is 5.69. The Labute approximate surface area is 90.9 Å². The van der Waals surface area contributed by atoms with E-state index in [4.69, 9.17) is 5.84 Å². The smallest absolute Gasteiger partial charge is 0.327 e. The van der Waals surface area contributed by atoms with Crippen LogP contribution in [0.5, 0.6) is 0 Å². The quantitative estimate of drug-likeness (QED) is 0.530. The first-order valence-electron chi connectivity index (χ1n) is 5.70. The van der Waals surface area contributed by atoms with Gasteiger partial charge in [0.2, 0.25) is 0 Å². The average Bonchev–Trinajstić information content (AvgIpc) is 2.16. The minimum Gasteiger partial charge on any atom is -0.356 e.